The molecule has 1 aromatic carbocycles. The zero-order chi connectivity index (χ0) is 24.3. The summed E-state index contributed by atoms with van der Waals surface area (Å²) in [5.41, 5.74) is 2.49. The predicted octanol–water partition coefficient (Wildman–Crippen LogP) is 4.93. The zero-order valence-corrected chi connectivity index (χ0v) is 19.6. The van der Waals surface area contributed by atoms with Crippen LogP contribution >= 0.6 is 0 Å². The summed E-state index contributed by atoms with van der Waals surface area (Å²) in [5.74, 6) is -0.213. The Morgan fingerprint density at radius 2 is 1.91 bits per heavy atom. The van der Waals surface area contributed by atoms with Gasteiger partial charge in [0, 0.05) is 27.7 Å². The molecule has 0 bridgehead atoms. The molecular weight excluding hydrogens is 429 g/mol. The summed E-state index contributed by atoms with van der Waals surface area (Å²) < 4.78 is 15.0. The second-order valence-electron chi connectivity index (χ2n) is 9.84. The molecule has 34 heavy (non-hydrogen) atoms. The van der Waals surface area contributed by atoms with Crippen LogP contribution in [0.1, 0.15) is 44.1 Å². The lowest BCUT2D eigenvalue weighted by atomic mass is 9.52. The number of nitriles is 1. The standard InChI is InChI=1S/C27H24FN5O/c1-15-11-20(31-14-30-15)25-32-22(17-7-5-6-8-19(17)28)18-9-10-21-26(2,3)24(34)16(13-29)12-27(21,4)23(18)33-25/h5-8,11-12,14,21H,9-10H2,1-4H3/t21-,27-/m1/s1. The van der Waals surface area contributed by atoms with Crippen LogP contribution in [0.5, 0.6) is 0 Å². The van der Waals surface area contributed by atoms with Crippen LogP contribution in [0.3, 0.4) is 0 Å². The minimum atomic E-state index is -0.735. The molecule has 0 N–H and O–H groups in total. The number of nitrogens with zero attached hydrogens (tertiary/aromatic N) is 5. The molecule has 0 spiro atoms. The fourth-order valence-corrected chi connectivity index (χ4v) is 5.72. The Bertz CT molecular complexity index is 1420. The Kier molecular flexibility index (Phi) is 4.94. The number of allylic oxidation sites excluding steroid dienone is 2. The van der Waals surface area contributed by atoms with Gasteiger partial charge in [-0.1, -0.05) is 39.0 Å². The van der Waals surface area contributed by atoms with Crippen molar-refractivity contribution in [2.45, 2.75) is 46.0 Å². The minimum absolute atomic E-state index is 0.0690. The quantitative estimate of drug-likeness (QED) is 0.546. The number of aromatic nitrogens is 4. The largest absolute Gasteiger partial charge is 0.293 e. The van der Waals surface area contributed by atoms with E-state index < -0.39 is 10.8 Å². The van der Waals surface area contributed by atoms with Gasteiger partial charge in [0.15, 0.2) is 11.6 Å². The van der Waals surface area contributed by atoms with Gasteiger partial charge < -0.3 is 0 Å². The van der Waals surface area contributed by atoms with Crippen molar-refractivity contribution >= 4 is 5.78 Å². The number of ketones is 1. The van der Waals surface area contributed by atoms with Gasteiger partial charge in [0.25, 0.3) is 0 Å². The van der Waals surface area contributed by atoms with Gasteiger partial charge in [-0.2, -0.15) is 5.26 Å². The van der Waals surface area contributed by atoms with E-state index in [1.165, 1.54) is 12.4 Å². The van der Waals surface area contributed by atoms with Crippen molar-refractivity contribution in [2.24, 2.45) is 11.3 Å². The molecule has 0 unspecified atom stereocenters. The van der Waals surface area contributed by atoms with E-state index >= 15 is 0 Å². The molecular formula is C27H24FN5O. The highest BCUT2D eigenvalue weighted by molar-refractivity contribution is 6.04. The Morgan fingerprint density at radius 1 is 1.15 bits per heavy atom. The maximum Gasteiger partial charge on any atom is 0.179 e. The maximum absolute atomic E-state index is 15.0. The highest BCUT2D eigenvalue weighted by atomic mass is 19.1. The van der Waals surface area contributed by atoms with Gasteiger partial charge in [0.05, 0.1) is 17.0 Å². The van der Waals surface area contributed by atoms with Crippen LogP contribution in [-0.2, 0) is 16.6 Å². The summed E-state index contributed by atoms with van der Waals surface area (Å²) >= 11 is 0. The van der Waals surface area contributed by atoms with E-state index in [9.17, 15) is 14.4 Å². The number of carbonyl (C=O) groups is 1. The molecule has 5 rings (SSSR count). The van der Waals surface area contributed by atoms with Gasteiger partial charge in [-0.3, -0.25) is 4.79 Å². The van der Waals surface area contributed by atoms with E-state index in [1.807, 2.05) is 27.7 Å². The molecule has 7 heteroatoms. The third-order valence-corrected chi connectivity index (χ3v) is 7.35. The molecule has 2 aliphatic carbocycles. The predicted molar refractivity (Wildman–Crippen MR) is 125 cm³/mol. The topological polar surface area (TPSA) is 92.4 Å². The third kappa shape index (κ3) is 3.17. The molecule has 0 saturated carbocycles. The molecule has 0 amide bonds. The van der Waals surface area contributed by atoms with Crippen molar-refractivity contribution in [3.63, 3.8) is 0 Å². The van der Waals surface area contributed by atoms with Gasteiger partial charge in [0.2, 0.25) is 0 Å². The monoisotopic (exact) mass is 453 g/mol. The maximum atomic E-state index is 15.0. The number of carbonyl (C=O) groups excluding carboxylic acids is 1. The number of hydrogen-bond donors (Lipinski definition) is 0. The Hall–Kier alpha value is -3.79. The van der Waals surface area contributed by atoms with Crippen LogP contribution in [0.15, 0.2) is 48.3 Å². The summed E-state index contributed by atoms with van der Waals surface area (Å²) in [4.78, 5) is 31.3. The number of hydrogen-bond acceptors (Lipinski definition) is 6. The van der Waals surface area contributed by atoms with Gasteiger partial charge in [0.1, 0.15) is 23.9 Å². The van der Waals surface area contributed by atoms with Gasteiger partial charge in [-0.25, -0.2) is 24.3 Å². The fraction of sp³-hybridized carbons (Fsp3) is 0.333. The molecule has 0 aliphatic heterocycles. The number of benzene rings is 1. The molecule has 3 aromatic rings. The van der Waals surface area contributed by atoms with Crippen molar-refractivity contribution in [3.05, 3.63) is 71.1 Å². The molecule has 0 fully saturated rings. The highest BCUT2D eigenvalue weighted by Crippen LogP contribution is 2.55. The molecule has 170 valence electrons. The lowest BCUT2D eigenvalue weighted by molar-refractivity contribution is -0.128. The van der Waals surface area contributed by atoms with Crippen molar-refractivity contribution in [1.29, 1.82) is 5.26 Å². The average Bonchev–Trinajstić information content (AvgIpc) is 2.81. The lowest BCUT2D eigenvalue weighted by Gasteiger charge is -2.50. The molecule has 6 nitrogen and oxygen atoms in total. The number of fused-ring (bicyclic) bond motifs is 3. The minimum Gasteiger partial charge on any atom is -0.293 e. The van der Waals surface area contributed by atoms with E-state index in [2.05, 4.69) is 16.0 Å². The van der Waals surface area contributed by atoms with E-state index in [4.69, 9.17) is 9.97 Å². The first-order valence-electron chi connectivity index (χ1n) is 11.3. The van der Waals surface area contributed by atoms with Gasteiger partial charge in [-0.15, -0.1) is 0 Å². The first-order valence-corrected chi connectivity index (χ1v) is 11.3. The zero-order valence-electron chi connectivity index (χ0n) is 19.6. The lowest BCUT2D eigenvalue weighted by Crippen LogP contribution is -2.51. The highest BCUT2D eigenvalue weighted by Gasteiger charge is 2.55. The molecule has 2 aromatic heterocycles. The summed E-state index contributed by atoms with van der Waals surface area (Å²) in [6, 6.07) is 10.5. The van der Waals surface area contributed by atoms with E-state index in [-0.39, 0.29) is 23.1 Å². The number of rotatable bonds is 2. The van der Waals surface area contributed by atoms with Crippen LogP contribution in [0, 0.1) is 35.4 Å². The van der Waals surface area contributed by atoms with Crippen molar-refractivity contribution in [2.75, 3.05) is 0 Å². The fourth-order valence-electron chi connectivity index (χ4n) is 5.72. The van der Waals surface area contributed by atoms with Gasteiger partial charge in [-0.05, 0) is 43.9 Å². The van der Waals surface area contributed by atoms with Crippen LogP contribution in [0.2, 0.25) is 0 Å². The van der Waals surface area contributed by atoms with E-state index in [0.29, 0.717) is 35.6 Å². The van der Waals surface area contributed by atoms with Crippen molar-refractivity contribution < 1.29 is 9.18 Å². The summed E-state index contributed by atoms with van der Waals surface area (Å²) in [6.07, 6.45) is 4.52. The Morgan fingerprint density at radius 3 is 2.62 bits per heavy atom. The first kappa shape index (κ1) is 22.0. The smallest absolute Gasteiger partial charge is 0.179 e. The van der Waals surface area contributed by atoms with Crippen molar-refractivity contribution in [3.8, 4) is 28.8 Å². The van der Waals surface area contributed by atoms with E-state index in [1.54, 1.807) is 30.3 Å². The van der Waals surface area contributed by atoms with E-state index in [0.717, 1.165) is 17.0 Å². The Balaban J connectivity index is 1.85. The van der Waals surface area contributed by atoms with Crippen LogP contribution < -0.4 is 0 Å². The van der Waals surface area contributed by atoms with Gasteiger partial charge >= 0.3 is 0 Å². The van der Waals surface area contributed by atoms with Crippen molar-refractivity contribution in [1.82, 2.24) is 19.9 Å². The molecule has 2 aliphatic rings. The Labute approximate surface area is 197 Å². The van der Waals surface area contributed by atoms with Crippen LogP contribution in [0.4, 0.5) is 4.39 Å². The molecule has 2 atom stereocenters. The number of Topliss-reactive ketones (excluding diaryl/α,β-unsaturated/α-hetero) is 1. The van der Waals surface area contributed by atoms with Crippen LogP contribution in [-0.4, -0.2) is 25.7 Å². The second kappa shape index (κ2) is 7.63. The molecule has 0 saturated heterocycles. The second-order valence-corrected chi connectivity index (χ2v) is 9.84. The number of halogens is 1. The molecule has 0 radical (unpaired) electrons. The third-order valence-electron chi connectivity index (χ3n) is 7.35. The summed E-state index contributed by atoms with van der Waals surface area (Å²) in [5, 5.41) is 9.74. The summed E-state index contributed by atoms with van der Waals surface area (Å²) in [7, 11) is 0. The van der Waals surface area contributed by atoms with Crippen LogP contribution in [0.25, 0.3) is 22.8 Å². The molecule has 2 heterocycles. The first-order chi connectivity index (χ1) is 16.2. The summed E-state index contributed by atoms with van der Waals surface area (Å²) in [6.45, 7) is 7.69. The average molecular weight is 454 g/mol. The SMILES string of the molecule is Cc1cc(-c2nc(-c3ccccc3F)c3c(n2)[C@]2(C)C=C(C#N)C(=O)C(C)(C)[C@H]2CC3)ncn1. The number of aryl methyl sites for hydroxylation is 1. The normalized spacial score (nSPS) is 22.9.